The summed E-state index contributed by atoms with van der Waals surface area (Å²) in [5, 5.41) is 24.0. The smallest absolute Gasteiger partial charge is 0.313 e. The number of nitrogens with one attached hydrogen (secondary N) is 2. The van der Waals surface area contributed by atoms with Crippen molar-refractivity contribution in [3.8, 4) is 0 Å². The zero-order chi connectivity index (χ0) is 15.1. The van der Waals surface area contributed by atoms with Crippen molar-refractivity contribution in [3.63, 3.8) is 0 Å². The van der Waals surface area contributed by atoms with Crippen molar-refractivity contribution < 1.29 is 19.6 Å². The van der Waals surface area contributed by atoms with Gasteiger partial charge in [-0.15, -0.1) is 0 Å². The predicted molar refractivity (Wildman–Crippen MR) is 71.0 cm³/mol. The summed E-state index contributed by atoms with van der Waals surface area (Å²) in [6, 6.07) is 4.61. The van der Waals surface area contributed by atoms with E-state index in [1.165, 1.54) is 24.3 Å². The molecule has 0 saturated heterocycles. The van der Waals surface area contributed by atoms with Gasteiger partial charge in [-0.05, 0) is 18.6 Å². The first kappa shape index (κ1) is 15.6. The van der Waals surface area contributed by atoms with E-state index in [0.29, 0.717) is 6.42 Å². The van der Waals surface area contributed by atoms with Crippen LogP contribution in [0.1, 0.15) is 13.3 Å². The highest BCUT2D eigenvalue weighted by atomic mass is 16.6. The van der Waals surface area contributed by atoms with E-state index < -0.39 is 22.8 Å². The van der Waals surface area contributed by atoms with Crippen LogP contribution in [0.5, 0.6) is 0 Å². The van der Waals surface area contributed by atoms with Gasteiger partial charge in [0.15, 0.2) is 0 Å². The Morgan fingerprint density at radius 2 is 1.90 bits per heavy atom. The van der Waals surface area contributed by atoms with Gasteiger partial charge >= 0.3 is 11.8 Å². The topological polar surface area (TPSA) is 122 Å². The Morgan fingerprint density at radius 1 is 1.30 bits per heavy atom. The number of carbonyl (C=O) groups excluding carboxylic acids is 2. The first-order valence-electron chi connectivity index (χ1n) is 5.95. The zero-order valence-electron chi connectivity index (χ0n) is 10.8. The van der Waals surface area contributed by atoms with Crippen molar-refractivity contribution in [1.29, 1.82) is 0 Å². The van der Waals surface area contributed by atoms with E-state index in [9.17, 15) is 19.7 Å². The largest absolute Gasteiger partial charge is 0.394 e. The number of hydrogen-bond donors (Lipinski definition) is 3. The van der Waals surface area contributed by atoms with E-state index >= 15 is 0 Å². The van der Waals surface area contributed by atoms with Crippen molar-refractivity contribution in [2.75, 3.05) is 11.9 Å². The maximum Gasteiger partial charge on any atom is 0.313 e. The van der Waals surface area contributed by atoms with E-state index in [1.807, 2.05) is 0 Å². The second kappa shape index (κ2) is 7.19. The molecule has 0 radical (unpaired) electrons. The van der Waals surface area contributed by atoms with E-state index in [1.54, 1.807) is 6.92 Å². The molecule has 0 aliphatic heterocycles. The molecule has 8 nitrogen and oxygen atoms in total. The average molecular weight is 281 g/mol. The number of nitrogens with zero attached hydrogens (tertiary/aromatic N) is 1. The highest BCUT2D eigenvalue weighted by molar-refractivity contribution is 6.39. The number of carbonyl (C=O) groups is 2. The van der Waals surface area contributed by atoms with Crippen LogP contribution in [0.4, 0.5) is 11.4 Å². The quantitative estimate of drug-likeness (QED) is 0.410. The number of aliphatic hydroxyl groups excluding tert-OH is 1. The summed E-state index contributed by atoms with van der Waals surface area (Å²) >= 11 is 0. The second-order valence-corrected chi connectivity index (χ2v) is 4.02. The van der Waals surface area contributed by atoms with Crippen LogP contribution in [0.25, 0.3) is 0 Å². The number of anilines is 1. The fourth-order valence-corrected chi connectivity index (χ4v) is 1.38. The zero-order valence-corrected chi connectivity index (χ0v) is 10.8. The minimum absolute atomic E-state index is 0.112. The van der Waals surface area contributed by atoms with E-state index in [4.69, 9.17) is 5.11 Å². The number of non-ortho nitro benzene ring substituents is 1. The van der Waals surface area contributed by atoms with E-state index in [0.717, 1.165) is 0 Å². The van der Waals surface area contributed by atoms with Gasteiger partial charge in [0.2, 0.25) is 0 Å². The molecule has 0 bridgehead atoms. The molecule has 0 heterocycles. The van der Waals surface area contributed by atoms with Crippen LogP contribution in [0.15, 0.2) is 24.3 Å². The third-order valence-electron chi connectivity index (χ3n) is 2.59. The van der Waals surface area contributed by atoms with Gasteiger partial charge in [0.1, 0.15) is 0 Å². The monoisotopic (exact) mass is 281 g/mol. The highest BCUT2D eigenvalue weighted by Crippen LogP contribution is 2.15. The van der Waals surface area contributed by atoms with Gasteiger partial charge in [-0.2, -0.15) is 0 Å². The van der Waals surface area contributed by atoms with Gasteiger partial charge in [0, 0.05) is 17.8 Å². The molecule has 0 fully saturated rings. The summed E-state index contributed by atoms with van der Waals surface area (Å²) in [5.74, 6) is -1.77. The van der Waals surface area contributed by atoms with Crippen molar-refractivity contribution in [2.24, 2.45) is 0 Å². The maximum absolute atomic E-state index is 11.6. The predicted octanol–water partition coefficient (Wildman–Crippen LogP) is 0.420. The van der Waals surface area contributed by atoms with Crippen LogP contribution < -0.4 is 10.6 Å². The third kappa shape index (κ3) is 4.32. The van der Waals surface area contributed by atoms with Gasteiger partial charge in [0.25, 0.3) is 5.69 Å². The fourth-order valence-electron chi connectivity index (χ4n) is 1.38. The van der Waals surface area contributed by atoms with Crippen LogP contribution in [0.3, 0.4) is 0 Å². The molecule has 2 amide bonds. The molecule has 0 aliphatic rings. The van der Waals surface area contributed by atoms with E-state index in [-0.39, 0.29) is 18.0 Å². The number of hydrogen-bond acceptors (Lipinski definition) is 5. The lowest BCUT2D eigenvalue weighted by molar-refractivity contribution is -0.384. The van der Waals surface area contributed by atoms with Gasteiger partial charge in [-0.1, -0.05) is 6.92 Å². The molecular formula is C12H15N3O5. The van der Waals surface area contributed by atoms with Crippen molar-refractivity contribution in [3.05, 3.63) is 34.4 Å². The maximum atomic E-state index is 11.6. The molecule has 8 heteroatoms. The molecule has 0 spiro atoms. The Morgan fingerprint density at radius 3 is 2.35 bits per heavy atom. The van der Waals surface area contributed by atoms with Gasteiger partial charge in [-0.3, -0.25) is 19.7 Å². The SMILES string of the molecule is CCC(CO)NC(=O)C(=O)Nc1ccc([N+](=O)[O-])cc1. The minimum Gasteiger partial charge on any atom is -0.394 e. The molecule has 0 aliphatic carbocycles. The fraction of sp³-hybridized carbons (Fsp3) is 0.333. The number of nitro groups is 1. The molecule has 0 saturated carbocycles. The standard InChI is InChI=1S/C12H15N3O5/c1-2-8(7-16)13-11(17)12(18)14-9-3-5-10(6-4-9)15(19)20/h3-6,8,16H,2,7H2,1H3,(H,13,17)(H,14,18). The number of benzene rings is 1. The molecule has 1 aromatic carbocycles. The summed E-state index contributed by atoms with van der Waals surface area (Å²) in [6.45, 7) is 1.50. The Balaban J connectivity index is 2.61. The first-order valence-corrected chi connectivity index (χ1v) is 5.95. The molecular weight excluding hydrogens is 266 g/mol. The lowest BCUT2D eigenvalue weighted by atomic mass is 10.2. The third-order valence-corrected chi connectivity index (χ3v) is 2.59. The molecule has 3 N–H and O–H groups in total. The van der Waals surface area contributed by atoms with Gasteiger partial charge in [0.05, 0.1) is 17.6 Å². The summed E-state index contributed by atoms with van der Waals surface area (Å²) in [5.41, 5.74) is 0.159. The van der Waals surface area contributed by atoms with E-state index in [2.05, 4.69) is 10.6 Å². The molecule has 20 heavy (non-hydrogen) atoms. The normalized spacial score (nSPS) is 11.5. The Labute approximate surface area is 114 Å². The van der Waals surface area contributed by atoms with Crippen molar-refractivity contribution in [2.45, 2.75) is 19.4 Å². The second-order valence-electron chi connectivity index (χ2n) is 4.02. The summed E-state index contributed by atoms with van der Waals surface area (Å²) in [4.78, 5) is 33.0. The summed E-state index contributed by atoms with van der Waals surface area (Å²) in [7, 11) is 0. The molecule has 108 valence electrons. The Bertz CT molecular complexity index is 496. The summed E-state index contributed by atoms with van der Waals surface area (Å²) < 4.78 is 0. The van der Waals surface area contributed by atoms with Crippen LogP contribution in [-0.4, -0.2) is 34.5 Å². The number of aliphatic hydroxyl groups is 1. The summed E-state index contributed by atoms with van der Waals surface area (Å²) in [6.07, 6.45) is 0.493. The number of rotatable bonds is 5. The molecule has 1 aromatic rings. The van der Waals surface area contributed by atoms with Gasteiger partial charge < -0.3 is 15.7 Å². The first-order chi connectivity index (χ1) is 9.47. The lowest BCUT2D eigenvalue weighted by Gasteiger charge is -2.13. The van der Waals surface area contributed by atoms with Gasteiger partial charge in [-0.25, -0.2) is 0 Å². The molecule has 1 unspecified atom stereocenters. The Kier molecular flexibility index (Phi) is 5.60. The van der Waals surface area contributed by atoms with Crippen LogP contribution >= 0.6 is 0 Å². The minimum atomic E-state index is -0.897. The molecule has 1 atom stereocenters. The van der Waals surface area contributed by atoms with Crippen molar-refractivity contribution in [1.82, 2.24) is 5.32 Å². The number of nitro benzene ring substituents is 1. The molecule has 1 rings (SSSR count). The van der Waals surface area contributed by atoms with Crippen molar-refractivity contribution >= 4 is 23.2 Å². The average Bonchev–Trinajstić information content (AvgIpc) is 2.44. The van der Waals surface area contributed by atoms with Crippen LogP contribution in [-0.2, 0) is 9.59 Å². The lowest BCUT2D eigenvalue weighted by Crippen LogP contribution is -2.43. The molecule has 0 aromatic heterocycles. The van der Waals surface area contributed by atoms with Crippen LogP contribution in [0.2, 0.25) is 0 Å². The van der Waals surface area contributed by atoms with Crippen LogP contribution in [0, 0.1) is 10.1 Å². The number of amides is 2. The highest BCUT2D eigenvalue weighted by Gasteiger charge is 2.17. The Hall–Kier alpha value is -2.48.